The molecule has 3 radical (unpaired) electrons. The van der Waals surface area contributed by atoms with Crippen LogP contribution in [0.4, 0.5) is 0 Å². The Morgan fingerprint density at radius 2 is 0.348 bits per heavy atom. The molecule has 23 heavy (non-hydrogen) atoms. The van der Waals surface area contributed by atoms with Gasteiger partial charge in [-0.3, -0.25) is 0 Å². The predicted octanol–water partition coefficient (Wildman–Crippen LogP) is -3.77. The Balaban J connectivity index is -0.00000000455. The van der Waals surface area contributed by atoms with Gasteiger partial charge in [0.05, 0.1) is 0 Å². The second-order valence-corrected chi connectivity index (χ2v) is 1.44. The van der Waals surface area contributed by atoms with E-state index in [1.165, 1.54) is 0 Å². The minimum Gasteiger partial charge on any atom is -2.00 e. The van der Waals surface area contributed by atoms with E-state index in [0.29, 0.717) is 0 Å². The summed E-state index contributed by atoms with van der Waals surface area (Å²) < 4.78 is 0. The van der Waals surface area contributed by atoms with Gasteiger partial charge in [-0.15, -0.1) is 33.0 Å². The van der Waals surface area contributed by atoms with Gasteiger partial charge in [-0.25, -0.2) is 0 Å². The van der Waals surface area contributed by atoms with Gasteiger partial charge >= 0.3 is 0 Å². The summed E-state index contributed by atoms with van der Waals surface area (Å²) in [4.78, 5) is 0. The number of hydrogen-bond acceptors (Lipinski definition) is 5. The van der Waals surface area contributed by atoms with E-state index in [-0.39, 0.29) is 116 Å². The van der Waals surface area contributed by atoms with Gasteiger partial charge in [0, 0.05) is 55.7 Å². The zero-order valence-electron chi connectivity index (χ0n) is 14.0. The summed E-state index contributed by atoms with van der Waals surface area (Å²) in [5.74, 6) is 0. The Morgan fingerprint density at radius 3 is 0.348 bits per heavy atom. The molecule has 0 fully saturated rings. The van der Waals surface area contributed by atoms with Crippen molar-refractivity contribution in [3.63, 3.8) is 0 Å². The molecule has 0 aromatic heterocycles. The second kappa shape index (κ2) is 289. The van der Waals surface area contributed by atoms with Crippen LogP contribution in [-0.4, -0.2) is 33.0 Å². The quantitative estimate of drug-likeness (QED) is 0.353. The van der Waals surface area contributed by atoms with Crippen LogP contribution in [-0.2, 0) is 83.0 Å². The van der Waals surface area contributed by atoms with Crippen LogP contribution in [0.25, 0.3) is 0 Å². The van der Waals surface area contributed by atoms with Crippen molar-refractivity contribution in [1.29, 1.82) is 0 Å². The van der Waals surface area contributed by atoms with Crippen molar-refractivity contribution < 1.29 is 109 Å². The Labute approximate surface area is 175 Å². The number of rotatable bonds is 0. The predicted molar refractivity (Wildman–Crippen MR) is 56.1 cm³/mol. The molecular weight excluding hydrogens is 433 g/mol. The van der Waals surface area contributed by atoms with E-state index in [9.17, 15) is 0 Å². The van der Waals surface area contributed by atoms with Crippen LogP contribution >= 0.6 is 0 Å². The van der Waals surface area contributed by atoms with Gasteiger partial charge in [0.2, 0.25) is 0 Å². The fourth-order valence-electron chi connectivity index (χ4n) is 0. The van der Waals surface area contributed by atoms with Crippen LogP contribution in [0.2, 0.25) is 0 Å². The van der Waals surface area contributed by atoms with Crippen molar-refractivity contribution in [2.75, 3.05) is 33.0 Å². The molecule has 10 nitrogen and oxygen atoms in total. The van der Waals surface area contributed by atoms with Gasteiger partial charge in [-0.05, 0) is 0 Å². The molecule has 0 aromatic rings. The summed E-state index contributed by atoms with van der Waals surface area (Å²) in [7, 11) is 0. The minimum atomic E-state index is 0. The van der Waals surface area contributed by atoms with Crippen LogP contribution in [0.3, 0.4) is 0 Å². The molecule has 0 aliphatic carbocycles. The van der Waals surface area contributed by atoms with Crippen molar-refractivity contribution in [1.82, 2.24) is 0 Å². The topological polar surface area (TPSA) is 258 Å². The first kappa shape index (κ1) is 103. The second-order valence-electron chi connectivity index (χ2n) is 1.44. The Bertz CT molecular complexity index is 44.5. The summed E-state index contributed by atoms with van der Waals surface area (Å²) >= 11 is 0. The fraction of sp³-hybridized carbons (Fsp3) is 1.00. The van der Waals surface area contributed by atoms with Crippen molar-refractivity contribution >= 4 is 0 Å². The van der Waals surface area contributed by atoms with Gasteiger partial charge in [0.15, 0.2) is 0 Å². The summed E-state index contributed by atoms with van der Waals surface area (Å²) in [6.45, 7) is 7.85. The van der Waals surface area contributed by atoms with Crippen LogP contribution in [0.15, 0.2) is 0 Å². The Kier molecular flexibility index (Phi) is 1300. The molecule has 0 amide bonds. The van der Waals surface area contributed by atoms with Crippen LogP contribution in [0.1, 0.15) is 34.6 Å². The summed E-state index contributed by atoms with van der Waals surface area (Å²) in [6.07, 6.45) is 0. The van der Waals surface area contributed by atoms with Crippen LogP contribution in [0, 0.1) is 0 Å². The average Bonchev–Trinajstić information content (AvgIpc) is 2.09. The normalized spacial score (nSPS) is 3.91. The van der Waals surface area contributed by atoms with E-state index in [1.807, 2.05) is 0 Å². The molecule has 0 aliphatic rings. The van der Waals surface area contributed by atoms with E-state index in [4.69, 9.17) is 25.5 Å². The third-order valence-corrected chi connectivity index (χ3v) is 0. The zero-order valence-corrected chi connectivity index (χ0v) is 18.1. The smallest absolute Gasteiger partial charge is 0 e. The molecule has 0 saturated heterocycles. The zero-order chi connectivity index (χ0) is 13.5. The van der Waals surface area contributed by atoms with Crippen LogP contribution in [0.5, 0.6) is 0 Å². The van der Waals surface area contributed by atoms with Gasteiger partial charge < -0.3 is 52.9 Å². The number of hydrogen-bond donors (Lipinski definition) is 0. The molecule has 0 N–H and O–H groups in total. The van der Waals surface area contributed by atoms with Gasteiger partial charge in [0.25, 0.3) is 0 Å². The van der Waals surface area contributed by atoms with E-state index >= 15 is 0 Å². The third kappa shape index (κ3) is 5810. The van der Waals surface area contributed by atoms with Crippen molar-refractivity contribution in [3.8, 4) is 0 Å². The molecule has 155 valence electrons. The Morgan fingerprint density at radius 1 is 0.348 bits per heavy atom. The molecule has 0 aromatic carbocycles. The minimum absolute atomic E-state index is 0. The first-order valence-electron chi connectivity index (χ1n) is 4.98. The van der Waals surface area contributed by atoms with E-state index < -0.39 is 0 Å². The maximum atomic E-state index is 8.93. The molecule has 13 heteroatoms. The molecule has 0 heterocycles. The van der Waals surface area contributed by atoms with Gasteiger partial charge in [0.1, 0.15) is 0 Å². The first-order chi connectivity index (χ1) is 7.07. The molecule has 0 bridgehead atoms. The van der Waals surface area contributed by atoms with Crippen LogP contribution < -0.4 is 25.5 Å². The molecule has 0 atom stereocenters. The molecule has 0 rings (SSSR count). The van der Waals surface area contributed by atoms with E-state index in [0.717, 1.165) is 0 Å². The maximum Gasteiger partial charge on any atom is 0 e. The summed E-state index contributed by atoms with van der Waals surface area (Å²) in [5.41, 5.74) is 0. The maximum absolute atomic E-state index is 8.93. The van der Waals surface area contributed by atoms with E-state index in [1.54, 1.807) is 34.6 Å². The fourth-order valence-corrected chi connectivity index (χ4v) is 0. The molecular formula is C10H25O10V3-15. The third-order valence-electron chi connectivity index (χ3n) is 0. The standard InChI is InChI=1S/5C2H5O.5O.3V/c5*1-2-3;;;;;;;;/h5*2H2,1H3;;;;;;;;/q5*-1;5*-2;;;. The summed E-state index contributed by atoms with van der Waals surface area (Å²) in [6, 6.07) is 0. The molecule has 0 aliphatic heterocycles. The van der Waals surface area contributed by atoms with E-state index in [2.05, 4.69) is 0 Å². The molecule has 0 unspecified atom stereocenters. The van der Waals surface area contributed by atoms with Crippen molar-refractivity contribution in [3.05, 3.63) is 0 Å². The summed E-state index contributed by atoms with van der Waals surface area (Å²) in [5, 5.41) is 44.7. The Hall–Kier alpha value is 1.35. The van der Waals surface area contributed by atoms with Gasteiger partial charge in [-0.1, -0.05) is 34.6 Å². The monoisotopic (exact) mass is 458 g/mol. The molecule has 0 spiro atoms. The SMILES string of the molecule is CC[O-].CC[O-].CC[O-].CC[O-].CC[O-].[O-2].[O-2].[O-2].[O-2].[O-2].[V].[V].[V]. The average molecular weight is 458 g/mol. The first-order valence-corrected chi connectivity index (χ1v) is 4.98. The van der Waals surface area contributed by atoms with Gasteiger partial charge in [-0.2, -0.15) is 0 Å². The van der Waals surface area contributed by atoms with Crippen molar-refractivity contribution in [2.24, 2.45) is 0 Å². The largest absolute Gasteiger partial charge is 2.00 e. The van der Waals surface area contributed by atoms with Crippen molar-refractivity contribution in [2.45, 2.75) is 34.6 Å². The molecule has 0 saturated carbocycles.